The van der Waals surface area contributed by atoms with Crippen LogP contribution in [0.3, 0.4) is 0 Å². The minimum atomic E-state index is -5.08. The molecule has 2 aromatic rings. The van der Waals surface area contributed by atoms with Gasteiger partial charge < -0.3 is 21.1 Å². The monoisotopic (exact) mass is 389 g/mol. The van der Waals surface area contributed by atoms with E-state index in [2.05, 4.69) is 22.3 Å². The van der Waals surface area contributed by atoms with Crippen LogP contribution in [0.1, 0.15) is 41.7 Å². The average Bonchev–Trinajstić information content (AvgIpc) is 2.97. The van der Waals surface area contributed by atoms with Crippen molar-refractivity contribution >= 4 is 17.5 Å². The molecule has 3 rings (SSSR count). The van der Waals surface area contributed by atoms with E-state index in [9.17, 15) is 22.8 Å². The van der Waals surface area contributed by atoms with E-state index < -0.39 is 18.1 Å². The SMILES string of the molecule is CC1CC(c2cc(=O)[nH]c3c(C(N)=O)cnn23)CCN1.O=C(O)C(F)(F)F. The summed E-state index contributed by atoms with van der Waals surface area (Å²) in [5, 5.41) is 14.7. The Labute approximate surface area is 150 Å². The Hall–Kier alpha value is -2.89. The van der Waals surface area contributed by atoms with Crippen LogP contribution in [0.5, 0.6) is 0 Å². The summed E-state index contributed by atoms with van der Waals surface area (Å²) in [6, 6.07) is 1.96. The van der Waals surface area contributed by atoms with Gasteiger partial charge in [0.05, 0.1) is 11.9 Å². The molecule has 1 aliphatic rings. The van der Waals surface area contributed by atoms with E-state index >= 15 is 0 Å². The van der Waals surface area contributed by atoms with Crippen molar-refractivity contribution in [3.8, 4) is 0 Å². The Morgan fingerprint density at radius 1 is 1.41 bits per heavy atom. The summed E-state index contributed by atoms with van der Waals surface area (Å²) in [5.41, 5.74) is 6.53. The third kappa shape index (κ3) is 4.84. The number of halogens is 3. The van der Waals surface area contributed by atoms with Crippen molar-refractivity contribution in [2.24, 2.45) is 5.73 Å². The minimum Gasteiger partial charge on any atom is -0.475 e. The van der Waals surface area contributed by atoms with E-state index in [-0.39, 0.29) is 17.0 Å². The molecule has 0 aliphatic carbocycles. The molecule has 9 nitrogen and oxygen atoms in total. The molecule has 0 radical (unpaired) electrons. The highest BCUT2D eigenvalue weighted by molar-refractivity contribution is 5.98. The van der Waals surface area contributed by atoms with Crippen molar-refractivity contribution in [2.45, 2.75) is 37.9 Å². The molecule has 0 spiro atoms. The number of nitrogens with zero attached hydrogens (tertiary/aromatic N) is 2. The summed E-state index contributed by atoms with van der Waals surface area (Å²) < 4.78 is 33.4. The molecule has 1 amide bonds. The van der Waals surface area contributed by atoms with Gasteiger partial charge in [0.2, 0.25) is 0 Å². The molecule has 1 saturated heterocycles. The molecular formula is C15H18F3N5O4. The Morgan fingerprint density at radius 3 is 2.56 bits per heavy atom. The van der Waals surface area contributed by atoms with Gasteiger partial charge >= 0.3 is 12.1 Å². The van der Waals surface area contributed by atoms with Crippen LogP contribution in [0.2, 0.25) is 0 Å². The van der Waals surface area contributed by atoms with Crippen LogP contribution in [0.15, 0.2) is 17.1 Å². The Kier molecular flexibility index (Phi) is 5.88. The molecule has 2 unspecified atom stereocenters. The number of carbonyl (C=O) groups is 2. The third-order valence-electron chi connectivity index (χ3n) is 4.08. The number of hydrogen-bond donors (Lipinski definition) is 4. The van der Waals surface area contributed by atoms with Gasteiger partial charge in [0.1, 0.15) is 11.2 Å². The predicted molar refractivity (Wildman–Crippen MR) is 87.5 cm³/mol. The minimum absolute atomic E-state index is 0.235. The number of amides is 1. The molecule has 2 atom stereocenters. The average molecular weight is 389 g/mol. The molecule has 0 aromatic carbocycles. The zero-order valence-electron chi connectivity index (χ0n) is 14.2. The van der Waals surface area contributed by atoms with Crippen molar-refractivity contribution in [1.82, 2.24) is 19.9 Å². The highest BCUT2D eigenvalue weighted by Gasteiger charge is 2.38. The number of nitrogens with one attached hydrogen (secondary N) is 2. The maximum atomic E-state index is 11.8. The van der Waals surface area contributed by atoms with E-state index in [1.54, 1.807) is 10.6 Å². The van der Waals surface area contributed by atoms with Crippen molar-refractivity contribution in [3.63, 3.8) is 0 Å². The number of carbonyl (C=O) groups excluding carboxylic acids is 1. The zero-order chi connectivity index (χ0) is 20.4. The fourth-order valence-electron chi connectivity index (χ4n) is 2.88. The van der Waals surface area contributed by atoms with Crippen molar-refractivity contribution < 1.29 is 27.9 Å². The normalized spacial score (nSPS) is 20.0. The van der Waals surface area contributed by atoms with Gasteiger partial charge in [-0.05, 0) is 26.3 Å². The van der Waals surface area contributed by atoms with Gasteiger partial charge in [-0.2, -0.15) is 18.3 Å². The maximum Gasteiger partial charge on any atom is 0.490 e. The van der Waals surface area contributed by atoms with Crippen molar-refractivity contribution in [2.75, 3.05) is 6.54 Å². The summed E-state index contributed by atoms with van der Waals surface area (Å²) in [6.07, 6.45) is -1.80. The van der Waals surface area contributed by atoms with E-state index in [1.165, 1.54) is 6.20 Å². The molecule has 148 valence electrons. The number of primary amides is 1. The lowest BCUT2D eigenvalue weighted by molar-refractivity contribution is -0.192. The fourth-order valence-corrected chi connectivity index (χ4v) is 2.88. The number of nitrogens with two attached hydrogens (primary N) is 1. The number of aromatic amines is 1. The fraction of sp³-hybridized carbons (Fsp3) is 0.467. The first kappa shape index (κ1) is 20.4. The van der Waals surface area contributed by atoms with Gasteiger partial charge in [-0.1, -0.05) is 0 Å². The van der Waals surface area contributed by atoms with Gasteiger partial charge in [-0.3, -0.25) is 9.59 Å². The van der Waals surface area contributed by atoms with Crippen LogP contribution in [0.25, 0.3) is 5.65 Å². The molecule has 12 heteroatoms. The van der Waals surface area contributed by atoms with Gasteiger partial charge in [0.25, 0.3) is 11.5 Å². The van der Waals surface area contributed by atoms with E-state index in [0.717, 1.165) is 25.1 Å². The lowest BCUT2D eigenvalue weighted by atomic mass is 9.90. The number of H-pyrrole nitrogens is 1. The first-order valence-electron chi connectivity index (χ1n) is 7.95. The zero-order valence-corrected chi connectivity index (χ0v) is 14.2. The third-order valence-corrected chi connectivity index (χ3v) is 4.08. The molecule has 1 aliphatic heterocycles. The number of alkyl halides is 3. The number of aliphatic carboxylic acids is 1. The second-order valence-corrected chi connectivity index (χ2v) is 6.12. The quantitative estimate of drug-likeness (QED) is 0.593. The summed E-state index contributed by atoms with van der Waals surface area (Å²) in [5.74, 6) is -3.10. The smallest absolute Gasteiger partial charge is 0.475 e. The van der Waals surface area contributed by atoms with E-state index in [4.69, 9.17) is 15.6 Å². The molecule has 5 N–H and O–H groups in total. The number of hydrogen-bond acceptors (Lipinski definition) is 5. The summed E-state index contributed by atoms with van der Waals surface area (Å²) in [6.45, 7) is 3.03. The topological polar surface area (TPSA) is 143 Å². The van der Waals surface area contributed by atoms with Crippen LogP contribution in [0.4, 0.5) is 13.2 Å². The van der Waals surface area contributed by atoms with Gasteiger partial charge in [-0.25, -0.2) is 9.31 Å². The molecule has 3 heterocycles. The molecule has 0 bridgehead atoms. The van der Waals surface area contributed by atoms with Crippen molar-refractivity contribution in [1.29, 1.82) is 0 Å². The second kappa shape index (κ2) is 7.78. The summed E-state index contributed by atoms with van der Waals surface area (Å²) >= 11 is 0. The first-order valence-corrected chi connectivity index (χ1v) is 7.95. The Bertz CT molecular complexity index is 905. The summed E-state index contributed by atoms with van der Waals surface area (Å²) in [4.78, 5) is 34.7. The van der Waals surface area contributed by atoms with Gasteiger partial charge in [0.15, 0.2) is 0 Å². The Morgan fingerprint density at radius 2 is 2.04 bits per heavy atom. The standard InChI is InChI=1S/C13H17N5O2.C2HF3O2/c1-7-4-8(2-3-15-7)10-5-11(19)17-13-9(12(14)20)6-16-18(10)13;3-2(4,5)1(6)7/h5-8,15H,2-4H2,1H3,(H2,14,20)(H,17,19);(H,6,7). The van der Waals surface area contributed by atoms with Gasteiger partial charge in [-0.15, -0.1) is 0 Å². The molecule has 1 fully saturated rings. The maximum absolute atomic E-state index is 11.8. The number of carboxylic acid groups (broad SMARTS) is 1. The van der Waals surface area contributed by atoms with Crippen LogP contribution in [0, 0.1) is 0 Å². The van der Waals surface area contributed by atoms with Gasteiger partial charge in [0, 0.05) is 18.0 Å². The highest BCUT2D eigenvalue weighted by atomic mass is 19.4. The lowest BCUT2D eigenvalue weighted by Crippen LogP contribution is -2.35. The highest BCUT2D eigenvalue weighted by Crippen LogP contribution is 2.27. The number of carboxylic acids is 1. The number of piperidine rings is 1. The largest absolute Gasteiger partial charge is 0.490 e. The lowest BCUT2D eigenvalue weighted by Gasteiger charge is -2.28. The molecular weight excluding hydrogens is 371 g/mol. The van der Waals surface area contributed by atoms with Crippen LogP contribution < -0.4 is 16.6 Å². The number of aromatic nitrogens is 3. The molecule has 2 aromatic heterocycles. The first-order chi connectivity index (χ1) is 12.5. The van der Waals surface area contributed by atoms with E-state index in [1.807, 2.05) is 0 Å². The van der Waals surface area contributed by atoms with Crippen LogP contribution in [-0.4, -0.2) is 50.3 Å². The number of rotatable bonds is 2. The molecule has 0 saturated carbocycles. The second-order valence-electron chi connectivity index (χ2n) is 6.12. The van der Waals surface area contributed by atoms with Crippen LogP contribution in [-0.2, 0) is 4.79 Å². The molecule has 27 heavy (non-hydrogen) atoms. The summed E-state index contributed by atoms with van der Waals surface area (Å²) in [7, 11) is 0. The van der Waals surface area contributed by atoms with Crippen LogP contribution >= 0.6 is 0 Å². The van der Waals surface area contributed by atoms with Crippen molar-refractivity contribution in [3.05, 3.63) is 33.9 Å². The Balaban J connectivity index is 0.000000321. The predicted octanol–water partition coefficient (Wildman–Crippen LogP) is 0.610. The van der Waals surface area contributed by atoms with E-state index in [0.29, 0.717) is 11.7 Å². The number of fused-ring (bicyclic) bond motifs is 1.